The van der Waals surface area contributed by atoms with Crippen LogP contribution in [0, 0.1) is 11.3 Å². The molecule has 0 radical (unpaired) electrons. The van der Waals surface area contributed by atoms with Gasteiger partial charge in [0.1, 0.15) is 5.69 Å². The van der Waals surface area contributed by atoms with Gasteiger partial charge in [-0.25, -0.2) is 4.68 Å². The molecular weight excluding hydrogens is 216 g/mol. The zero-order chi connectivity index (χ0) is 11.7. The Balaban J connectivity index is 1.92. The number of hydrogen-bond donors (Lipinski definition) is 0. The van der Waals surface area contributed by atoms with Gasteiger partial charge >= 0.3 is 0 Å². The summed E-state index contributed by atoms with van der Waals surface area (Å²) in [7, 11) is 0. The fraction of sp³-hybridized carbons (Fsp3) is 0.750. The molecule has 1 aromatic heterocycles. The maximum atomic E-state index is 8.85. The molecule has 1 aromatic rings. The predicted octanol–water partition coefficient (Wildman–Crippen LogP) is 1.57. The van der Waals surface area contributed by atoms with Crippen LogP contribution in [0.15, 0.2) is 0 Å². The third-order valence-corrected chi connectivity index (χ3v) is 3.55. The van der Waals surface area contributed by atoms with Gasteiger partial charge < -0.3 is 4.74 Å². The standard InChI is InChI=1S/C12H16N4O/c13-6-3-11-12(9-4-7-17-8-5-9)16(15-14-11)10-1-2-10/h9-10H,1-5,7-8H2. The van der Waals surface area contributed by atoms with Crippen molar-refractivity contribution in [2.24, 2.45) is 0 Å². The van der Waals surface area contributed by atoms with Crippen molar-refractivity contribution >= 4 is 0 Å². The Labute approximate surface area is 100 Å². The molecule has 1 saturated carbocycles. The van der Waals surface area contributed by atoms with Crippen molar-refractivity contribution in [2.45, 2.75) is 44.1 Å². The van der Waals surface area contributed by atoms with Gasteiger partial charge in [-0.15, -0.1) is 5.10 Å². The van der Waals surface area contributed by atoms with Crippen molar-refractivity contribution in [2.75, 3.05) is 13.2 Å². The van der Waals surface area contributed by atoms with Crippen LogP contribution in [0.5, 0.6) is 0 Å². The number of rotatable bonds is 3. The van der Waals surface area contributed by atoms with E-state index in [4.69, 9.17) is 10.00 Å². The summed E-state index contributed by atoms with van der Waals surface area (Å²) < 4.78 is 7.47. The molecule has 90 valence electrons. The van der Waals surface area contributed by atoms with Crippen molar-refractivity contribution in [3.8, 4) is 6.07 Å². The van der Waals surface area contributed by atoms with Gasteiger partial charge in [-0.05, 0) is 25.7 Å². The lowest BCUT2D eigenvalue weighted by atomic mass is 9.94. The molecule has 0 atom stereocenters. The summed E-state index contributed by atoms with van der Waals surface area (Å²) in [6.45, 7) is 1.62. The molecule has 2 heterocycles. The van der Waals surface area contributed by atoms with Crippen molar-refractivity contribution in [3.05, 3.63) is 11.4 Å². The molecular formula is C12H16N4O. The lowest BCUT2D eigenvalue weighted by Crippen LogP contribution is -2.18. The van der Waals surface area contributed by atoms with Gasteiger partial charge in [0.2, 0.25) is 0 Å². The first kappa shape index (κ1) is 10.7. The molecule has 0 N–H and O–H groups in total. The molecule has 0 amide bonds. The smallest absolute Gasteiger partial charge is 0.100 e. The summed E-state index contributed by atoms with van der Waals surface area (Å²) in [5, 5.41) is 17.3. The van der Waals surface area contributed by atoms with Crippen molar-refractivity contribution in [1.29, 1.82) is 5.26 Å². The Kier molecular flexibility index (Phi) is 2.81. The van der Waals surface area contributed by atoms with Crippen LogP contribution < -0.4 is 0 Å². The Morgan fingerprint density at radius 2 is 2.06 bits per heavy atom. The van der Waals surface area contributed by atoms with Gasteiger partial charge in [-0.2, -0.15) is 5.26 Å². The molecule has 2 fully saturated rings. The van der Waals surface area contributed by atoms with E-state index in [9.17, 15) is 0 Å². The lowest BCUT2D eigenvalue weighted by molar-refractivity contribution is 0.0833. The van der Waals surface area contributed by atoms with Crippen LogP contribution in [0.3, 0.4) is 0 Å². The van der Waals surface area contributed by atoms with Gasteiger partial charge in [0, 0.05) is 19.1 Å². The summed E-state index contributed by atoms with van der Waals surface area (Å²) >= 11 is 0. The minimum absolute atomic E-state index is 0.374. The van der Waals surface area contributed by atoms with Crippen molar-refractivity contribution < 1.29 is 4.74 Å². The zero-order valence-electron chi connectivity index (χ0n) is 9.80. The van der Waals surface area contributed by atoms with E-state index in [-0.39, 0.29) is 0 Å². The fourth-order valence-electron chi connectivity index (χ4n) is 2.52. The van der Waals surface area contributed by atoms with E-state index in [1.54, 1.807) is 0 Å². The molecule has 3 rings (SSSR count). The SMILES string of the molecule is N#CCc1nnn(C2CC2)c1C1CCOCC1. The second-order valence-corrected chi connectivity index (χ2v) is 4.82. The maximum Gasteiger partial charge on any atom is 0.100 e. The lowest BCUT2D eigenvalue weighted by Gasteiger charge is -2.23. The van der Waals surface area contributed by atoms with Crippen LogP contribution >= 0.6 is 0 Å². The molecule has 2 aliphatic rings. The molecule has 0 aromatic carbocycles. The van der Waals surface area contributed by atoms with Crippen LogP contribution in [0.25, 0.3) is 0 Å². The van der Waals surface area contributed by atoms with Gasteiger partial charge in [0.15, 0.2) is 0 Å². The van der Waals surface area contributed by atoms with E-state index in [0.29, 0.717) is 18.4 Å². The van der Waals surface area contributed by atoms with Crippen LogP contribution in [0.4, 0.5) is 0 Å². The molecule has 0 spiro atoms. The third-order valence-electron chi connectivity index (χ3n) is 3.55. The second kappa shape index (κ2) is 4.46. The first-order chi connectivity index (χ1) is 8.40. The number of nitriles is 1. The second-order valence-electron chi connectivity index (χ2n) is 4.82. The van der Waals surface area contributed by atoms with E-state index < -0.39 is 0 Å². The molecule has 0 unspecified atom stereocenters. The minimum atomic E-state index is 0.374. The maximum absolute atomic E-state index is 8.85. The van der Waals surface area contributed by atoms with Crippen LogP contribution in [-0.2, 0) is 11.2 Å². The average molecular weight is 232 g/mol. The zero-order valence-corrected chi connectivity index (χ0v) is 9.80. The predicted molar refractivity (Wildman–Crippen MR) is 60.4 cm³/mol. The summed E-state index contributed by atoms with van der Waals surface area (Å²) in [5.74, 6) is 0.475. The first-order valence-electron chi connectivity index (χ1n) is 6.29. The van der Waals surface area contributed by atoms with Crippen LogP contribution in [0.1, 0.15) is 49.0 Å². The average Bonchev–Trinajstić information content (AvgIpc) is 3.13. The van der Waals surface area contributed by atoms with Crippen molar-refractivity contribution in [1.82, 2.24) is 15.0 Å². The van der Waals surface area contributed by atoms with Crippen molar-refractivity contribution in [3.63, 3.8) is 0 Å². The normalized spacial score (nSPS) is 21.4. The number of aromatic nitrogens is 3. The highest BCUT2D eigenvalue weighted by atomic mass is 16.5. The number of nitrogens with zero attached hydrogens (tertiary/aromatic N) is 4. The highest BCUT2D eigenvalue weighted by Gasteiger charge is 2.32. The minimum Gasteiger partial charge on any atom is -0.381 e. The van der Waals surface area contributed by atoms with Gasteiger partial charge in [0.25, 0.3) is 0 Å². The van der Waals surface area contributed by atoms with E-state index >= 15 is 0 Å². The van der Waals surface area contributed by atoms with Gasteiger partial charge in [-0.1, -0.05) is 5.21 Å². The molecule has 0 bridgehead atoms. The van der Waals surface area contributed by atoms with Gasteiger partial charge in [-0.3, -0.25) is 0 Å². The van der Waals surface area contributed by atoms with E-state index in [1.807, 2.05) is 0 Å². The number of ether oxygens (including phenoxy) is 1. The summed E-state index contributed by atoms with van der Waals surface area (Å²) in [6, 6.07) is 2.72. The molecule has 5 heteroatoms. The highest BCUT2D eigenvalue weighted by Crippen LogP contribution is 2.39. The Hall–Kier alpha value is -1.41. The quantitative estimate of drug-likeness (QED) is 0.793. The molecule has 5 nitrogen and oxygen atoms in total. The topological polar surface area (TPSA) is 63.7 Å². The molecule has 1 aliphatic carbocycles. The third kappa shape index (κ3) is 2.05. The Bertz CT molecular complexity index is 438. The highest BCUT2D eigenvalue weighted by molar-refractivity contribution is 5.20. The fourth-order valence-corrected chi connectivity index (χ4v) is 2.52. The molecule has 1 aliphatic heterocycles. The Morgan fingerprint density at radius 3 is 2.71 bits per heavy atom. The number of hydrogen-bond acceptors (Lipinski definition) is 4. The van der Waals surface area contributed by atoms with E-state index in [2.05, 4.69) is 21.1 Å². The van der Waals surface area contributed by atoms with Crippen LogP contribution in [-0.4, -0.2) is 28.2 Å². The largest absolute Gasteiger partial charge is 0.381 e. The first-order valence-corrected chi connectivity index (χ1v) is 6.29. The van der Waals surface area contributed by atoms with Gasteiger partial charge in [0.05, 0.1) is 24.2 Å². The Morgan fingerprint density at radius 1 is 1.29 bits per heavy atom. The molecule has 17 heavy (non-hydrogen) atoms. The summed E-state index contributed by atoms with van der Waals surface area (Å²) in [6.07, 6.45) is 4.83. The summed E-state index contributed by atoms with van der Waals surface area (Å²) in [5.41, 5.74) is 2.09. The van der Waals surface area contributed by atoms with E-state index in [0.717, 1.165) is 31.7 Å². The van der Waals surface area contributed by atoms with Crippen LogP contribution in [0.2, 0.25) is 0 Å². The monoisotopic (exact) mass is 232 g/mol. The van der Waals surface area contributed by atoms with E-state index in [1.165, 1.54) is 18.5 Å². The molecule has 1 saturated heterocycles. The summed E-state index contributed by atoms with van der Waals surface area (Å²) in [4.78, 5) is 0.